The molecule has 190 valence electrons. The highest BCUT2D eigenvalue weighted by molar-refractivity contribution is 5.97. The lowest BCUT2D eigenvalue weighted by Gasteiger charge is -2.44. The Balaban J connectivity index is 1.32. The van der Waals surface area contributed by atoms with E-state index in [0.717, 1.165) is 56.1 Å². The monoisotopic (exact) mass is 490 g/mol. The third-order valence-electron chi connectivity index (χ3n) is 7.96. The summed E-state index contributed by atoms with van der Waals surface area (Å²) in [7, 11) is 0. The second kappa shape index (κ2) is 10.9. The Labute approximate surface area is 212 Å². The van der Waals surface area contributed by atoms with Crippen molar-refractivity contribution in [1.82, 2.24) is 10.2 Å². The van der Waals surface area contributed by atoms with Gasteiger partial charge in [-0.1, -0.05) is 50.5 Å². The molecule has 1 saturated heterocycles. The number of halogens is 1. The summed E-state index contributed by atoms with van der Waals surface area (Å²) in [5.74, 6) is 0.286. The molecule has 1 aliphatic heterocycles. The molecule has 3 aliphatic rings. The van der Waals surface area contributed by atoms with Gasteiger partial charge in [-0.05, 0) is 79.5 Å². The minimum absolute atomic E-state index is 0.0000758. The average molecular weight is 491 g/mol. The molecule has 5 rings (SSSR count). The number of morpholine rings is 1. The van der Waals surface area contributed by atoms with Gasteiger partial charge in [0.05, 0.1) is 6.04 Å². The van der Waals surface area contributed by atoms with Crippen LogP contribution in [0.1, 0.15) is 79.8 Å². The van der Waals surface area contributed by atoms with E-state index in [1.54, 1.807) is 24.3 Å². The largest absolute Gasteiger partial charge is 0.482 e. The highest BCUT2D eigenvalue weighted by Gasteiger charge is 2.41. The van der Waals surface area contributed by atoms with E-state index in [1.807, 2.05) is 23.1 Å². The third kappa shape index (κ3) is 5.48. The van der Waals surface area contributed by atoms with Gasteiger partial charge in [-0.25, -0.2) is 4.39 Å². The van der Waals surface area contributed by atoms with E-state index >= 15 is 0 Å². The zero-order chi connectivity index (χ0) is 25.1. The average Bonchev–Trinajstić information content (AvgIpc) is 2.88. The van der Waals surface area contributed by atoms with Gasteiger partial charge < -0.3 is 15.0 Å². The van der Waals surface area contributed by atoms with Crippen molar-refractivity contribution in [1.29, 1.82) is 0 Å². The zero-order valence-electron chi connectivity index (χ0n) is 20.9. The molecule has 5 nitrogen and oxygen atoms in total. The van der Waals surface area contributed by atoms with Crippen molar-refractivity contribution < 1.29 is 18.7 Å². The van der Waals surface area contributed by atoms with Gasteiger partial charge in [-0.3, -0.25) is 9.59 Å². The van der Waals surface area contributed by atoms with E-state index < -0.39 is 0 Å². The lowest BCUT2D eigenvalue weighted by molar-refractivity contribution is -0.149. The number of fused-ring (bicyclic) bond motifs is 1. The van der Waals surface area contributed by atoms with Crippen molar-refractivity contribution >= 4 is 17.9 Å². The maximum atomic E-state index is 13.8. The number of ether oxygens (including phenoxy) is 1. The number of amides is 2. The molecule has 2 aliphatic carbocycles. The molecule has 4 atom stereocenters. The molecule has 0 aromatic heterocycles. The Morgan fingerprint density at radius 1 is 1.06 bits per heavy atom. The molecule has 6 heteroatoms. The fourth-order valence-electron chi connectivity index (χ4n) is 5.86. The second-order valence-corrected chi connectivity index (χ2v) is 10.5. The lowest BCUT2D eigenvalue weighted by Crippen LogP contribution is -2.54. The number of hydrogen-bond donors (Lipinski definition) is 1. The highest BCUT2D eigenvalue weighted by Crippen LogP contribution is 2.34. The highest BCUT2D eigenvalue weighted by atomic mass is 19.1. The molecule has 2 saturated carbocycles. The van der Waals surface area contributed by atoms with Crippen LogP contribution in [0, 0.1) is 11.7 Å². The topological polar surface area (TPSA) is 58.6 Å². The molecule has 2 aromatic rings. The van der Waals surface area contributed by atoms with Gasteiger partial charge >= 0.3 is 0 Å². The summed E-state index contributed by atoms with van der Waals surface area (Å²) in [5, 5.41) is 3.19. The standard InChI is InChI=1S/C30H35FN2O3/c1-20-7-2-3-10-25(20)32-29(34)23-15-13-21(14-16-23)18-28-30(35)33(19-22-8-6-9-24(31)17-22)26-11-4-5-12-27(26)36-28/h6,8-9,13-18,20,25-27H,2-5,7,10-12,19H2,1H3,(H,32,34)/b28-18-. The SMILES string of the molecule is CC1CCCCC1NC(=O)c1ccc(/C=C2\OC3CCCCC3N(Cc3cccc(F)c3)C2=O)cc1. The first-order valence-electron chi connectivity index (χ1n) is 13.3. The number of nitrogens with one attached hydrogen (secondary N) is 1. The molecule has 0 spiro atoms. The van der Waals surface area contributed by atoms with E-state index in [-0.39, 0.29) is 35.8 Å². The maximum Gasteiger partial charge on any atom is 0.289 e. The van der Waals surface area contributed by atoms with Gasteiger partial charge in [0.2, 0.25) is 0 Å². The van der Waals surface area contributed by atoms with Gasteiger partial charge in [-0.15, -0.1) is 0 Å². The molecule has 0 radical (unpaired) electrons. The molecule has 0 bridgehead atoms. The van der Waals surface area contributed by atoms with Crippen LogP contribution in [0.25, 0.3) is 6.08 Å². The van der Waals surface area contributed by atoms with Gasteiger partial charge in [0, 0.05) is 18.2 Å². The smallest absolute Gasteiger partial charge is 0.289 e. The Bertz CT molecular complexity index is 1130. The van der Waals surface area contributed by atoms with Crippen LogP contribution in [0.5, 0.6) is 0 Å². The lowest BCUT2D eigenvalue weighted by atomic mass is 9.86. The third-order valence-corrected chi connectivity index (χ3v) is 7.96. The molecule has 36 heavy (non-hydrogen) atoms. The van der Waals surface area contributed by atoms with E-state index in [2.05, 4.69) is 12.2 Å². The molecule has 4 unspecified atom stereocenters. The number of carbonyl (C=O) groups is 2. The first kappa shape index (κ1) is 24.5. The zero-order valence-corrected chi connectivity index (χ0v) is 20.9. The van der Waals surface area contributed by atoms with Crippen LogP contribution in [-0.4, -0.2) is 34.9 Å². The summed E-state index contributed by atoms with van der Waals surface area (Å²) in [6, 6.07) is 14.0. The number of benzene rings is 2. The van der Waals surface area contributed by atoms with Crippen LogP contribution in [0.3, 0.4) is 0 Å². The number of hydrogen-bond acceptors (Lipinski definition) is 3. The first-order chi connectivity index (χ1) is 17.5. The van der Waals surface area contributed by atoms with Crippen LogP contribution in [-0.2, 0) is 16.1 Å². The van der Waals surface area contributed by atoms with Crippen molar-refractivity contribution in [3.05, 3.63) is 76.8 Å². The molecule has 1 N–H and O–H groups in total. The fourth-order valence-corrected chi connectivity index (χ4v) is 5.86. The van der Waals surface area contributed by atoms with Crippen molar-refractivity contribution in [2.75, 3.05) is 0 Å². The van der Waals surface area contributed by atoms with E-state index in [9.17, 15) is 14.0 Å². The van der Waals surface area contributed by atoms with Gasteiger partial charge in [0.1, 0.15) is 11.9 Å². The molecular formula is C30H35FN2O3. The minimum atomic E-state index is -0.300. The normalized spacial score (nSPS) is 27.3. The van der Waals surface area contributed by atoms with Crippen molar-refractivity contribution in [3.8, 4) is 0 Å². The maximum absolute atomic E-state index is 13.8. The molecule has 1 heterocycles. The molecule has 3 fully saturated rings. The van der Waals surface area contributed by atoms with Gasteiger partial charge in [-0.2, -0.15) is 0 Å². The Morgan fingerprint density at radius 3 is 2.58 bits per heavy atom. The second-order valence-electron chi connectivity index (χ2n) is 10.5. The minimum Gasteiger partial charge on any atom is -0.482 e. The summed E-state index contributed by atoms with van der Waals surface area (Å²) >= 11 is 0. The summed E-state index contributed by atoms with van der Waals surface area (Å²) in [6.45, 7) is 2.56. The van der Waals surface area contributed by atoms with Crippen LogP contribution < -0.4 is 5.32 Å². The van der Waals surface area contributed by atoms with Gasteiger partial charge in [0.25, 0.3) is 11.8 Å². The number of carbonyl (C=O) groups excluding carboxylic acids is 2. The number of rotatable bonds is 5. The number of nitrogens with zero attached hydrogens (tertiary/aromatic N) is 1. The fraction of sp³-hybridized carbons (Fsp3) is 0.467. The van der Waals surface area contributed by atoms with Crippen LogP contribution in [0.15, 0.2) is 54.3 Å². The van der Waals surface area contributed by atoms with E-state index in [1.165, 1.54) is 18.6 Å². The predicted molar refractivity (Wildman–Crippen MR) is 137 cm³/mol. The molecular weight excluding hydrogens is 455 g/mol. The van der Waals surface area contributed by atoms with Crippen molar-refractivity contribution in [3.63, 3.8) is 0 Å². The quantitative estimate of drug-likeness (QED) is 0.535. The van der Waals surface area contributed by atoms with Crippen LogP contribution in [0.2, 0.25) is 0 Å². The Morgan fingerprint density at radius 2 is 1.81 bits per heavy atom. The van der Waals surface area contributed by atoms with Crippen LogP contribution >= 0.6 is 0 Å². The first-order valence-corrected chi connectivity index (χ1v) is 13.3. The van der Waals surface area contributed by atoms with Gasteiger partial charge in [0.15, 0.2) is 5.76 Å². The van der Waals surface area contributed by atoms with Crippen molar-refractivity contribution in [2.45, 2.75) is 83.0 Å². The van der Waals surface area contributed by atoms with E-state index in [0.29, 0.717) is 23.8 Å². The summed E-state index contributed by atoms with van der Waals surface area (Å²) < 4.78 is 20.0. The van der Waals surface area contributed by atoms with Crippen molar-refractivity contribution in [2.24, 2.45) is 5.92 Å². The van der Waals surface area contributed by atoms with E-state index in [4.69, 9.17) is 4.74 Å². The summed E-state index contributed by atoms with van der Waals surface area (Å²) in [6.07, 6.45) is 10.2. The Kier molecular flexibility index (Phi) is 7.40. The molecule has 2 amide bonds. The molecule has 2 aromatic carbocycles. The summed E-state index contributed by atoms with van der Waals surface area (Å²) in [4.78, 5) is 28.1. The predicted octanol–water partition coefficient (Wildman–Crippen LogP) is 5.85. The Hall–Kier alpha value is -3.15. The summed E-state index contributed by atoms with van der Waals surface area (Å²) in [5.41, 5.74) is 2.20. The van der Waals surface area contributed by atoms with Crippen LogP contribution in [0.4, 0.5) is 4.39 Å².